The molecule has 3 rings (SSSR count). The highest BCUT2D eigenvalue weighted by molar-refractivity contribution is 5.76. The number of fused-ring (bicyclic) bond motifs is 3. The number of benzene rings is 1. The van der Waals surface area contributed by atoms with Crippen LogP contribution in [0.4, 0.5) is 5.69 Å². The SMILES string of the molecule is Cc1ccc2c(c1)[C@@H]1CNCCC[C@@H]1N2CC(=O)O. The van der Waals surface area contributed by atoms with Gasteiger partial charge in [-0.2, -0.15) is 0 Å². The maximum atomic E-state index is 11.1. The summed E-state index contributed by atoms with van der Waals surface area (Å²) in [5.74, 6) is -0.318. The maximum Gasteiger partial charge on any atom is 0.323 e. The van der Waals surface area contributed by atoms with Crippen molar-refractivity contribution in [3.63, 3.8) is 0 Å². The first kappa shape index (κ1) is 12.5. The van der Waals surface area contributed by atoms with Crippen LogP contribution in [-0.2, 0) is 4.79 Å². The molecule has 0 radical (unpaired) electrons. The van der Waals surface area contributed by atoms with Gasteiger partial charge < -0.3 is 15.3 Å². The Morgan fingerprint density at radius 3 is 3.16 bits per heavy atom. The van der Waals surface area contributed by atoms with Crippen molar-refractivity contribution in [3.8, 4) is 0 Å². The number of hydrogen-bond donors (Lipinski definition) is 2. The van der Waals surface area contributed by atoms with Crippen LogP contribution >= 0.6 is 0 Å². The molecule has 2 heterocycles. The number of aryl methyl sites for hydroxylation is 1. The first-order valence-corrected chi connectivity index (χ1v) is 6.96. The van der Waals surface area contributed by atoms with Gasteiger partial charge in [-0.15, -0.1) is 0 Å². The molecule has 0 bridgehead atoms. The van der Waals surface area contributed by atoms with E-state index in [-0.39, 0.29) is 6.54 Å². The minimum absolute atomic E-state index is 0.108. The van der Waals surface area contributed by atoms with Gasteiger partial charge in [0.1, 0.15) is 6.54 Å². The Labute approximate surface area is 113 Å². The van der Waals surface area contributed by atoms with Crippen molar-refractivity contribution in [3.05, 3.63) is 29.3 Å². The smallest absolute Gasteiger partial charge is 0.323 e. The summed E-state index contributed by atoms with van der Waals surface area (Å²) in [6.45, 7) is 4.20. The van der Waals surface area contributed by atoms with Gasteiger partial charge in [0.25, 0.3) is 0 Å². The zero-order valence-corrected chi connectivity index (χ0v) is 11.2. The van der Waals surface area contributed by atoms with Gasteiger partial charge in [0.05, 0.1) is 0 Å². The molecular formula is C15H20N2O2. The van der Waals surface area contributed by atoms with E-state index in [9.17, 15) is 4.79 Å². The van der Waals surface area contributed by atoms with Gasteiger partial charge >= 0.3 is 5.97 Å². The number of hydrogen-bond acceptors (Lipinski definition) is 3. The quantitative estimate of drug-likeness (QED) is 0.850. The van der Waals surface area contributed by atoms with Gasteiger partial charge in [-0.1, -0.05) is 17.7 Å². The third-order valence-corrected chi connectivity index (χ3v) is 4.28. The third kappa shape index (κ3) is 2.21. The molecule has 0 spiro atoms. The number of carboxylic acid groups (broad SMARTS) is 1. The largest absolute Gasteiger partial charge is 0.480 e. The van der Waals surface area contributed by atoms with Crippen LogP contribution in [0.25, 0.3) is 0 Å². The van der Waals surface area contributed by atoms with Crippen LogP contribution in [0.2, 0.25) is 0 Å². The molecule has 102 valence electrons. The van der Waals surface area contributed by atoms with E-state index >= 15 is 0 Å². The highest BCUT2D eigenvalue weighted by Crippen LogP contribution is 2.43. The highest BCUT2D eigenvalue weighted by Gasteiger charge is 2.39. The van der Waals surface area contributed by atoms with Crippen LogP contribution in [0, 0.1) is 6.92 Å². The lowest BCUT2D eigenvalue weighted by Crippen LogP contribution is -2.38. The average molecular weight is 260 g/mol. The molecule has 2 N–H and O–H groups in total. The minimum atomic E-state index is -0.746. The number of carboxylic acids is 1. The topological polar surface area (TPSA) is 52.6 Å². The van der Waals surface area contributed by atoms with Crippen molar-refractivity contribution in [2.75, 3.05) is 24.5 Å². The average Bonchev–Trinajstić information content (AvgIpc) is 2.55. The van der Waals surface area contributed by atoms with E-state index in [1.165, 1.54) is 11.1 Å². The molecule has 2 atom stereocenters. The van der Waals surface area contributed by atoms with Crippen molar-refractivity contribution < 1.29 is 9.90 Å². The number of anilines is 1. The lowest BCUT2D eigenvalue weighted by atomic mass is 9.92. The zero-order chi connectivity index (χ0) is 13.4. The van der Waals surface area contributed by atoms with Crippen molar-refractivity contribution in [1.82, 2.24) is 5.32 Å². The molecule has 1 fully saturated rings. The van der Waals surface area contributed by atoms with Crippen molar-refractivity contribution in [2.45, 2.75) is 31.7 Å². The first-order chi connectivity index (χ1) is 9.16. The first-order valence-electron chi connectivity index (χ1n) is 6.96. The molecule has 0 amide bonds. The Morgan fingerprint density at radius 2 is 2.37 bits per heavy atom. The number of rotatable bonds is 2. The van der Waals surface area contributed by atoms with Crippen molar-refractivity contribution in [2.24, 2.45) is 0 Å². The lowest BCUT2D eigenvalue weighted by molar-refractivity contribution is -0.135. The maximum absolute atomic E-state index is 11.1. The van der Waals surface area contributed by atoms with Gasteiger partial charge in [-0.05, 0) is 37.9 Å². The summed E-state index contributed by atoms with van der Waals surface area (Å²) < 4.78 is 0. The number of nitrogens with zero attached hydrogens (tertiary/aromatic N) is 1. The summed E-state index contributed by atoms with van der Waals surface area (Å²) in [7, 11) is 0. The molecule has 4 nitrogen and oxygen atoms in total. The minimum Gasteiger partial charge on any atom is -0.480 e. The van der Waals surface area contributed by atoms with Gasteiger partial charge in [-0.25, -0.2) is 0 Å². The second-order valence-electron chi connectivity index (χ2n) is 5.60. The summed E-state index contributed by atoms with van der Waals surface area (Å²) in [5, 5.41) is 12.6. The molecule has 4 heteroatoms. The summed E-state index contributed by atoms with van der Waals surface area (Å²) in [6.07, 6.45) is 2.18. The van der Waals surface area contributed by atoms with E-state index in [2.05, 4.69) is 35.3 Å². The summed E-state index contributed by atoms with van der Waals surface area (Å²) in [4.78, 5) is 13.2. The lowest BCUT2D eigenvalue weighted by Gasteiger charge is -2.27. The molecular weight excluding hydrogens is 240 g/mol. The molecule has 0 saturated carbocycles. The number of nitrogens with one attached hydrogen (secondary N) is 1. The fourth-order valence-corrected chi connectivity index (χ4v) is 3.48. The molecule has 1 aromatic carbocycles. The van der Waals surface area contributed by atoms with Gasteiger partial charge in [0.15, 0.2) is 0 Å². The molecule has 0 aliphatic carbocycles. The van der Waals surface area contributed by atoms with E-state index in [0.717, 1.165) is 31.6 Å². The molecule has 0 unspecified atom stereocenters. The predicted octanol–water partition coefficient (Wildman–Crippen LogP) is 1.74. The van der Waals surface area contributed by atoms with Crippen LogP contribution in [0.5, 0.6) is 0 Å². The Balaban J connectivity index is 2.02. The van der Waals surface area contributed by atoms with E-state index in [1.54, 1.807) is 0 Å². The van der Waals surface area contributed by atoms with E-state index in [4.69, 9.17) is 5.11 Å². The van der Waals surface area contributed by atoms with Crippen LogP contribution < -0.4 is 10.2 Å². The highest BCUT2D eigenvalue weighted by atomic mass is 16.4. The van der Waals surface area contributed by atoms with E-state index in [0.29, 0.717) is 12.0 Å². The van der Waals surface area contributed by atoms with E-state index < -0.39 is 5.97 Å². The summed E-state index contributed by atoms with van der Waals surface area (Å²) in [6, 6.07) is 6.72. The summed E-state index contributed by atoms with van der Waals surface area (Å²) in [5.41, 5.74) is 3.69. The van der Waals surface area contributed by atoms with Crippen LogP contribution in [0.15, 0.2) is 18.2 Å². The van der Waals surface area contributed by atoms with Crippen LogP contribution in [0.3, 0.4) is 0 Å². The Morgan fingerprint density at radius 1 is 1.53 bits per heavy atom. The fourth-order valence-electron chi connectivity index (χ4n) is 3.48. The van der Waals surface area contributed by atoms with Crippen molar-refractivity contribution >= 4 is 11.7 Å². The molecule has 19 heavy (non-hydrogen) atoms. The van der Waals surface area contributed by atoms with Crippen molar-refractivity contribution in [1.29, 1.82) is 0 Å². The monoisotopic (exact) mass is 260 g/mol. The van der Waals surface area contributed by atoms with Crippen LogP contribution in [0.1, 0.15) is 29.9 Å². The number of carbonyl (C=O) groups is 1. The predicted molar refractivity (Wildman–Crippen MR) is 74.8 cm³/mol. The van der Waals surface area contributed by atoms with Crippen LogP contribution in [-0.4, -0.2) is 36.8 Å². The van der Waals surface area contributed by atoms with Gasteiger partial charge in [0.2, 0.25) is 0 Å². The molecule has 2 aliphatic heterocycles. The number of aliphatic carboxylic acids is 1. The molecule has 1 saturated heterocycles. The standard InChI is InChI=1S/C15H20N2O2/c1-10-4-5-14-11(7-10)12-8-16-6-2-3-13(12)17(14)9-15(18)19/h4-5,7,12-13,16H,2-3,6,8-9H2,1H3,(H,18,19)/t12-,13-/m0/s1. The Hall–Kier alpha value is -1.55. The van der Waals surface area contributed by atoms with Gasteiger partial charge in [0, 0.05) is 24.2 Å². The second kappa shape index (κ2) is 4.85. The Kier molecular flexibility index (Phi) is 3.19. The molecule has 1 aromatic rings. The molecule has 0 aromatic heterocycles. The molecule has 2 aliphatic rings. The fraction of sp³-hybridized carbons (Fsp3) is 0.533. The normalized spacial score (nSPS) is 25.6. The van der Waals surface area contributed by atoms with Gasteiger partial charge in [-0.3, -0.25) is 4.79 Å². The second-order valence-corrected chi connectivity index (χ2v) is 5.60. The zero-order valence-electron chi connectivity index (χ0n) is 11.2. The summed E-state index contributed by atoms with van der Waals surface area (Å²) >= 11 is 0. The third-order valence-electron chi connectivity index (χ3n) is 4.28. The Bertz CT molecular complexity index is 501. The van der Waals surface area contributed by atoms with E-state index in [1.807, 2.05) is 0 Å².